The van der Waals surface area contributed by atoms with E-state index in [0.717, 1.165) is 5.56 Å². The van der Waals surface area contributed by atoms with Crippen LogP contribution in [0.2, 0.25) is 0 Å². The van der Waals surface area contributed by atoms with Gasteiger partial charge in [-0.25, -0.2) is 4.39 Å². The number of aromatic nitrogens is 1. The molecule has 1 aromatic heterocycles. The molecule has 0 saturated heterocycles. The fraction of sp³-hybridized carbons (Fsp3) is 0.222. The maximum Gasteiger partial charge on any atom is 0.141 e. The summed E-state index contributed by atoms with van der Waals surface area (Å²) in [5.74, 6) is -0.324. The molecule has 0 aliphatic rings. The molecule has 0 spiro atoms. The molecule has 0 amide bonds. The van der Waals surface area contributed by atoms with Crippen LogP contribution >= 0.6 is 0 Å². The number of rotatable bonds is 3. The van der Waals surface area contributed by atoms with Gasteiger partial charge in [0.1, 0.15) is 5.82 Å². The Kier molecular flexibility index (Phi) is 2.94. The Labute approximate surface area is 71.1 Å². The van der Waals surface area contributed by atoms with Gasteiger partial charge in [-0.2, -0.15) is 0 Å². The Balaban J connectivity index is 2.93. The fourth-order valence-electron chi connectivity index (χ4n) is 1.02. The maximum absolute atomic E-state index is 12.7. The second kappa shape index (κ2) is 3.97. The van der Waals surface area contributed by atoms with Gasteiger partial charge in [-0.1, -0.05) is 6.08 Å². The van der Waals surface area contributed by atoms with Gasteiger partial charge in [0, 0.05) is 6.20 Å². The first-order chi connectivity index (χ1) is 5.77. The lowest BCUT2D eigenvalue weighted by Gasteiger charge is -2.10. The molecule has 1 N–H and O–H groups in total. The standard InChI is InChI=1S/C9H11FN2/c1-3-9(11-2)7-4-8(10)6-12-5-7/h3-6,9,11H,1H2,2H3. The minimum absolute atomic E-state index is 0.0341. The molecule has 3 heteroatoms. The molecule has 64 valence electrons. The van der Waals surface area contributed by atoms with E-state index in [-0.39, 0.29) is 11.9 Å². The molecule has 0 saturated carbocycles. The maximum atomic E-state index is 12.7. The average Bonchev–Trinajstić information content (AvgIpc) is 2.07. The van der Waals surface area contributed by atoms with Crippen molar-refractivity contribution in [2.75, 3.05) is 7.05 Å². The lowest BCUT2D eigenvalue weighted by atomic mass is 10.1. The molecule has 0 fully saturated rings. The molecule has 0 aliphatic carbocycles. The fourth-order valence-corrected chi connectivity index (χ4v) is 1.02. The second-order valence-corrected chi connectivity index (χ2v) is 2.44. The van der Waals surface area contributed by atoms with Gasteiger partial charge >= 0.3 is 0 Å². The third kappa shape index (κ3) is 1.89. The van der Waals surface area contributed by atoms with Crippen LogP contribution in [-0.4, -0.2) is 12.0 Å². The molecule has 1 unspecified atom stereocenters. The van der Waals surface area contributed by atoms with Gasteiger partial charge < -0.3 is 5.32 Å². The Morgan fingerprint density at radius 3 is 2.92 bits per heavy atom. The van der Waals surface area contributed by atoms with E-state index in [2.05, 4.69) is 16.9 Å². The van der Waals surface area contributed by atoms with E-state index in [0.29, 0.717) is 0 Å². The number of nitrogens with one attached hydrogen (secondary N) is 1. The van der Waals surface area contributed by atoms with E-state index in [9.17, 15) is 4.39 Å². The van der Waals surface area contributed by atoms with E-state index < -0.39 is 0 Å². The highest BCUT2D eigenvalue weighted by atomic mass is 19.1. The van der Waals surface area contributed by atoms with Gasteiger partial charge in [0.15, 0.2) is 0 Å². The first kappa shape index (κ1) is 8.87. The van der Waals surface area contributed by atoms with Gasteiger partial charge in [0.2, 0.25) is 0 Å². The summed E-state index contributed by atoms with van der Waals surface area (Å²) < 4.78 is 12.7. The van der Waals surface area contributed by atoms with Gasteiger partial charge in [-0.15, -0.1) is 6.58 Å². The molecule has 2 nitrogen and oxygen atoms in total. The average molecular weight is 166 g/mol. The molecule has 0 bridgehead atoms. The molecule has 12 heavy (non-hydrogen) atoms. The predicted octanol–water partition coefficient (Wildman–Crippen LogP) is 1.67. The van der Waals surface area contributed by atoms with Crippen LogP contribution in [0, 0.1) is 5.82 Å². The van der Waals surface area contributed by atoms with E-state index in [1.54, 1.807) is 19.3 Å². The van der Waals surface area contributed by atoms with Gasteiger partial charge in [0.25, 0.3) is 0 Å². The van der Waals surface area contributed by atoms with Gasteiger partial charge in [0.05, 0.1) is 12.2 Å². The monoisotopic (exact) mass is 166 g/mol. The Bertz CT molecular complexity index is 273. The number of halogens is 1. The first-order valence-electron chi connectivity index (χ1n) is 3.68. The Hall–Kier alpha value is -1.22. The van der Waals surface area contributed by atoms with Crippen LogP contribution in [0.25, 0.3) is 0 Å². The number of likely N-dealkylation sites (N-methyl/N-ethyl adjacent to an activating group) is 1. The minimum Gasteiger partial charge on any atom is -0.310 e. The molecular weight excluding hydrogens is 155 g/mol. The summed E-state index contributed by atoms with van der Waals surface area (Å²) in [6.07, 6.45) is 4.50. The molecule has 1 rings (SSSR count). The lowest BCUT2D eigenvalue weighted by molar-refractivity contribution is 0.611. The second-order valence-electron chi connectivity index (χ2n) is 2.44. The highest BCUT2D eigenvalue weighted by Gasteiger charge is 2.04. The van der Waals surface area contributed by atoms with Crippen LogP contribution in [0.1, 0.15) is 11.6 Å². The van der Waals surface area contributed by atoms with Crippen LogP contribution in [0.5, 0.6) is 0 Å². The zero-order valence-electron chi connectivity index (χ0n) is 6.92. The molecular formula is C9H11FN2. The van der Waals surface area contributed by atoms with Crippen LogP contribution in [0.3, 0.4) is 0 Å². The van der Waals surface area contributed by atoms with Gasteiger partial charge in [-0.3, -0.25) is 4.98 Å². The van der Waals surface area contributed by atoms with Gasteiger partial charge in [-0.05, 0) is 18.7 Å². The zero-order valence-corrected chi connectivity index (χ0v) is 6.92. The predicted molar refractivity (Wildman–Crippen MR) is 46.2 cm³/mol. The molecule has 1 aromatic rings. The smallest absolute Gasteiger partial charge is 0.141 e. The SMILES string of the molecule is C=CC(NC)c1cncc(F)c1. The molecule has 1 atom stereocenters. The van der Waals surface area contributed by atoms with Crippen molar-refractivity contribution in [3.63, 3.8) is 0 Å². The molecule has 0 aromatic carbocycles. The summed E-state index contributed by atoms with van der Waals surface area (Å²) in [7, 11) is 1.79. The minimum atomic E-state index is -0.324. The summed E-state index contributed by atoms with van der Waals surface area (Å²) >= 11 is 0. The molecule has 1 heterocycles. The van der Waals surface area contributed by atoms with Crippen molar-refractivity contribution in [1.82, 2.24) is 10.3 Å². The Morgan fingerprint density at radius 1 is 1.67 bits per heavy atom. The van der Waals surface area contributed by atoms with Crippen LogP contribution in [0.15, 0.2) is 31.1 Å². The van der Waals surface area contributed by atoms with Crippen molar-refractivity contribution in [1.29, 1.82) is 0 Å². The third-order valence-electron chi connectivity index (χ3n) is 1.63. The number of nitrogens with zero attached hydrogens (tertiary/aromatic N) is 1. The zero-order chi connectivity index (χ0) is 8.97. The number of pyridine rings is 1. The normalized spacial score (nSPS) is 12.5. The van der Waals surface area contributed by atoms with Crippen molar-refractivity contribution in [3.05, 3.63) is 42.5 Å². The molecule has 0 aliphatic heterocycles. The van der Waals surface area contributed by atoms with E-state index in [1.165, 1.54) is 12.3 Å². The summed E-state index contributed by atoms with van der Waals surface area (Å²) in [5, 5.41) is 2.97. The van der Waals surface area contributed by atoms with E-state index in [4.69, 9.17) is 0 Å². The number of hydrogen-bond donors (Lipinski definition) is 1. The highest BCUT2D eigenvalue weighted by molar-refractivity contribution is 5.18. The number of hydrogen-bond acceptors (Lipinski definition) is 2. The summed E-state index contributed by atoms with van der Waals surface area (Å²) in [5.41, 5.74) is 0.785. The largest absolute Gasteiger partial charge is 0.310 e. The summed E-state index contributed by atoms with van der Waals surface area (Å²) in [6, 6.07) is 1.41. The Morgan fingerprint density at radius 2 is 2.42 bits per heavy atom. The van der Waals surface area contributed by atoms with Crippen molar-refractivity contribution >= 4 is 0 Å². The van der Waals surface area contributed by atoms with Crippen LogP contribution in [-0.2, 0) is 0 Å². The van der Waals surface area contributed by atoms with Crippen molar-refractivity contribution in [2.45, 2.75) is 6.04 Å². The third-order valence-corrected chi connectivity index (χ3v) is 1.63. The molecule has 0 radical (unpaired) electrons. The summed E-state index contributed by atoms with van der Waals surface area (Å²) in [6.45, 7) is 3.63. The van der Waals surface area contributed by atoms with Crippen molar-refractivity contribution < 1.29 is 4.39 Å². The summed E-state index contributed by atoms with van der Waals surface area (Å²) in [4.78, 5) is 3.74. The quantitative estimate of drug-likeness (QED) is 0.691. The van der Waals surface area contributed by atoms with Crippen LogP contribution in [0.4, 0.5) is 4.39 Å². The topological polar surface area (TPSA) is 24.9 Å². The van der Waals surface area contributed by atoms with E-state index in [1.807, 2.05) is 0 Å². The van der Waals surface area contributed by atoms with Crippen LogP contribution < -0.4 is 5.32 Å². The lowest BCUT2D eigenvalue weighted by Crippen LogP contribution is -2.13. The highest BCUT2D eigenvalue weighted by Crippen LogP contribution is 2.12. The van der Waals surface area contributed by atoms with E-state index >= 15 is 0 Å². The van der Waals surface area contributed by atoms with Crippen molar-refractivity contribution in [3.8, 4) is 0 Å². The first-order valence-corrected chi connectivity index (χ1v) is 3.68. The van der Waals surface area contributed by atoms with Crippen molar-refractivity contribution in [2.24, 2.45) is 0 Å².